The van der Waals surface area contributed by atoms with Crippen LogP contribution in [0, 0.1) is 0 Å². The lowest BCUT2D eigenvalue weighted by Crippen LogP contribution is -2.34. The third-order valence-corrected chi connectivity index (χ3v) is 11.6. The van der Waals surface area contributed by atoms with Crippen molar-refractivity contribution in [3.63, 3.8) is 0 Å². The first-order chi connectivity index (χ1) is 27.2. The second-order valence-electron chi connectivity index (χ2n) is 16.3. The highest BCUT2D eigenvalue weighted by Gasteiger charge is 2.27. The van der Waals surface area contributed by atoms with Crippen LogP contribution in [0.15, 0.2) is 0 Å². The van der Waals surface area contributed by atoms with Crippen molar-refractivity contribution in [2.45, 2.75) is 251 Å². The summed E-state index contributed by atoms with van der Waals surface area (Å²) >= 11 is 0. The summed E-state index contributed by atoms with van der Waals surface area (Å²) in [5.74, 6) is -1.76. The highest BCUT2D eigenvalue weighted by Crippen LogP contribution is 2.43. The number of aliphatic carboxylic acids is 1. The lowest BCUT2D eigenvalue weighted by molar-refractivity contribution is -0.154. The topological polar surface area (TPSA) is 155 Å². The Kier molecular flexibility index (Phi) is 41.3. The maximum atomic E-state index is 12.6. The molecular weight excluding hydrogens is 729 g/mol. The monoisotopic (exact) mass is 820 g/mol. The Labute approximate surface area is 344 Å². The maximum absolute atomic E-state index is 12.6. The summed E-state index contributed by atoms with van der Waals surface area (Å²) in [6, 6.07) is -1.47. The number of phosphoric ester groups is 1. The molecule has 0 aliphatic carbocycles. The van der Waals surface area contributed by atoms with E-state index in [2.05, 4.69) is 13.8 Å². The van der Waals surface area contributed by atoms with E-state index in [4.69, 9.17) is 29.4 Å². The molecule has 4 N–H and O–H groups in total. The van der Waals surface area contributed by atoms with Gasteiger partial charge in [-0.25, -0.2) is 4.57 Å². The van der Waals surface area contributed by atoms with Gasteiger partial charge in [-0.1, -0.05) is 219 Å². The maximum Gasteiger partial charge on any atom is 0.472 e. The minimum atomic E-state index is -4.61. The Balaban J connectivity index is 4.13. The Bertz CT molecular complexity index is 909. The first-order valence-electron chi connectivity index (χ1n) is 23.6. The van der Waals surface area contributed by atoms with Crippen molar-refractivity contribution in [1.82, 2.24) is 0 Å². The number of carboxylic acid groups (broad SMARTS) is 1. The molecule has 0 rings (SSSR count). The zero-order chi connectivity index (χ0) is 41.2. The van der Waals surface area contributed by atoms with E-state index in [9.17, 15) is 19.0 Å². The predicted octanol–water partition coefficient (Wildman–Crippen LogP) is 13.2. The van der Waals surface area contributed by atoms with Gasteiger partial charge in [0.05, 0.1) is 19.8 Å². The van der Waals surface area contributed by atoms with Gasteiger partial charge in [-0.3, -0.25) is 18.6 Å². The van der Waals surface area contributed by atoms with Crippen molar-refractivity contribution < 1.29 is 42.7 Å². The second kappa shape index (κ2) is 42.1. The van der Waals surface area contributed by atoms with E-state index >= 15 is 0 Å². The highest BCUT2D eigenvalue weighted by atomic mass is 31.2. The van der Waals surface area contributed by atoms with Gasteiger partial charge in [-0.2, -0.15) is 0 Å². The van der Waals surface area contributed by atoms with Crippen LogP contribution >= 0.6 is 7.82 Å². The molecule has 0 radical (unpaired) electrons. The first kappa shape index (κ1) is 55.0. The molecule has 0 fully saturated rings. The molecule has 3 atom stereocenters. The van der Waals surface area contributed by atoms with Crippen molar-refractivity contribution in [3.8, 4) is 0 Å². The minimum absolute atomic E-state index is 0.0261. The zero-order valence-corrected chi connectivity index (χ0v) is 37.4. The van der Waals surface area contributed by atoms with E-state index in [-0.39, 0.29) is 13.0 Å². The quantitative estimate of drug-likeness (QED) is 0.0307. The molecule has 0 spiro atoms. The molecule has 56 heavy (non-hydrogen) atoms. The summed E-state index contributed by atoms with van der Waals surface area (Å²) in [5.41, 5.74) is 5.36. The predicted molar refractivity (Wildman–Crippen MR) is 231 cm³/mol. The van der Waals surface area contributed by atoms with Crippen LogP contribution in [0.3, 0.4) is 0 Å². The number of ether oxygens (including phenoxy) is 2. The van der Waals surface area contributed by atoms with E-state index < -0.39 is 45.1 Å². The van der Waals surface area contributed by atoms with Gasteiger partial charge in [0.25, 0.3) is 0 Å². The number of unbranched alkanes of at least 4 members (excludes halogenated alkanes) is 32. The minimum Gasteiger partial charge on any atom is -0.480 e. The fourth-order valence-electron chi connectivity index (χ4n) is 6.96. The van der Waals surface area contributed by atoms with Crippen molar-refractivity contribution in [1.29, 1.82) is 0 Å². The average molecular weight is 820 g/mol. The third-order valence-electron chi connectivity index (χ3n) is 10.6. The molecular formula is C45H90NO9P. The van der Waals surface area contributed by atoms with Crippen molar-refractivity contribution >= 4 is 19.8 Å². The lowest BCUT2D eigenvalue weighted by Gasteiger charge is -2.20. The summed E-state index contributed by atoms with van der Waals surface area (Å²) < 4.78 is 33.4. The molecule has 10 nitrogen and oxygen atoms in total. The van der Waals surface area contributed by atoms with Crippen molar-refractivity contribution in [3.05, 3.63) is 0 Å². The van der Waals surface area contributed by atoms with Crippen LogP contribution in [-0.4, -0.2) is 60.5 Å². The summed E-state index contributed by atoms with van der Waals surface area (Å²) in [7, 11) is -4.61. The van der Waals surface area contributed by atoms with Crippen LogP contribution < -0.4 is 5.73 Å². The number of hydrogen-bond acceptors (Lipinski definition) is 8. The highest BCUT2D eigenvalue weighted by molar-refractivity contribution is 7.47. The van der Waals surface area contributed by atoms with E-state index in [1.807, 2.05) is 0 Å². The average Bonchev–Trinajstić information content (AvgIpc) is 3.18. The van der Waals surface area contributed by atoms with Gasteiger partial charge in [0.15, 0.2) is 0 Å². The molecule has 0 saturated carbocycles. The molecule has 0 aromatic heterocycles. The number of nitrogens with two attached hydrogens (primary N) is 1. The molecule has 11 heteroatoms. The number of carbonyl (C=O) groups is 2. The van der Waals surface area contributed by atoms with Crippen LogP contribution in [0.1, 0.15) is 239 Å². The summed E-state index contributed by atoms with van der Waals surface area (Å²) in [6.07, 6.45) is 42.9. The summed E-state index contributed by atoms with van der Waals surface area (Å²) in [6.45, 7) is 3.94. The van der Waals surface area contributed by atoms with E-state index in [1.165, 1.54) is 180 Å². The van der Waals surface area contributed by atoms with Crippen LogP contribution in [0.25, 0.3) is 0 Å². The van der Waals surface area contributed by atoms with Gasteiger partial charge in [0.2, 0.25) is 0 Å². The molecule has 0 heterocycles. The molecule has 334 valence electrons. The second-order valence-corrected chi connectivity index (χ2v) is 17.7. The fourth-order valence-corrected chi connectivity index (χ4v) is 7.74. The van der Waals surface area contributed by atoms with Crippen LogP contribution in [0.2, 0.25) is 0 Å². The van der Waals surface area contributed by atoms with Crippen molar-refractivity contribution in [2.24, 2.45) is 5.73 Å². The molecule has 0 amide bonds. The number of esters is 1. The van der Waals surface area contributed by atoms with E-state index in [1.54, 1.807) is 0 Å². The number of phosphoric acid groups is 1. The lowest BCUT2D eigenvalue weighted by atomic mass is 10.0. The molecule has 0 aromatic carbocycles. The number of carboxylic acids is 1. The van der Waals surface area contributed by atoms with Crippen LogP contribution in [0.4, 0.5) is 0 Å². The van der Waals surface area contributed by atoms with Gasteiger partial charge in [-0.15, -0.1) is 0 Å². The van der Waals surface area contributed by atoms with Crippen LogP contribution in [-0.2, 0) is 32.7 Å². The molecule has 0 aliphatic heterocycles. The fraction of sp³-hybridized carbons (Fsp3) is 0.956. The normalized spacial score (nSPS) is 13.8. The number of hydrogen-bond donors (Lipinski definition) is 3. The molecule has 0 aromatic rings. The molecule has 1 unspecified atom stereocenters. The van der Waals surface area contributed by atoms with Crippen LogP contribution in [0.5, 0.6) is 0 Å². The Morgan fingerprint density at radius 2 is 0.821 bits per heavy atom. The zero-order valence-electron chi connectivity index (χ0n) is 36.5. The smallest absolute Gasteiger partial charge is 0.472 e. The first-order valence-corrected chi connectivity index (χ1v) is 25.1. The number of carbonyl (C=O) groups excluding carboxylic acids is 1. The third kappa shape index (κ3) is 41.1. The van der Waals surface area contributed by atoms with Crippen molar-refractivity contribution in [2.75, 3.05) is 26.4 Å². The van der Waals surface area contributed by atoms with Gasteiger partial charge in [0.1, 0.15) is 12.1 Å². The van der Waals surface area contributed by atoms with Gasteiger partial charge in [-0.05, 0) is 12.8 Å². The largest absolute Gasteiger partial charge is 0.480 e. The Morgan fingerprint density at radius 1 is 0.500 bits per heavy atom. The van der Waals surface area contributed by atoms with E-state index in [0.29, 0.717) is 6.61 Å². The summed E-state index contributed by atoms with van der Waals surface area (Å²) in [5, 5.41) is 8.90. The van der Waals surface area contributed by atoms with Gasteiger partial charge in [0, 0.05) is 13.0 Å². The molecule has 0 bridgehead atoms. The number of rotatable bonds is 46. The van der Waals surface area contributed by atoms with Gasteiger partial charge >= 0.3 is 19.8 Å². The SMILES string of the molecule is CCCCCCCCCCCCCCCCCCCCOC[C@H](COP(=O)(O)OC[C@H](N)C(=O)O)OC(=O)CCCCCCCCCCCCCCCCCC. The van der Waals surface area contributed by atoms with Gasteiger partial charge < -0.3 is 25.2 Å². The molecule has 0 aliphatic rings. The Morgan fingerprint density at radius 3 is 1.18 bits per heavy atom. The standard InChI is InChI=1S/C45H90NO9P/c1-3-5-7-9-11-13-15-17-19-21-22-24-26-28-30-32-34-36-38-52-39-42(40-53-56(50,51)54-41-43(46)45(48)49)55-44(47)37-35-33-31-29-27-25-23-20-18-16-14-12-10-8-6-4-2/h42-43H,3-41,46H2,1-2H3,(H,48,49)(H,50,51)/t42-,43+/m1/s1. The molecule has 0 saturated heterocycles. The Hall–Kier alpha value is -1.03. The summed E-state index contributed by atoms with van der Waals surface area (Å²) in [4.78, 5) is 33.6. The van der Waals surface area contributed by atoms with E-state index in [0.717, 1.165) is 38.5 Å².